The van der Waals surface area contributed by atoms with Crippen molar-refractivity contribution in [2.75, 3.05) is 0 Å². The van der Waals surface area contributed by atoms with Gasteiger partial charge in [-0.3, -0.25) is 0 Å². The minimum absolute atomic E-state index is 0.00815. The number of hydrogen-bond acceptors (Lipinski definition) is 1. The molecule has 0 amide bonds. The standard InChI is InChI=1S/C8H7ClN2/c1-11-7-5-3-2-4-6(7)10-8(11)9/h2-5H,1H3/i1D3. The highest BCUT2D eigenvalue weighted by molar-refractivity contribution is 6.29. The van der Waals surface area contributed by atoms with Crippen LogP contribution in [-0.2, 0) is 6.98 Å². The Morgan fingerprint density at radius 1 is 1.55 bits per heavy atom. The van der Waals surface area contributed by atoms with E-state index in [0.717, 1.165) is 4.57 Å². The Kier molecular flexibility index (Phi) is 0.838. The Morgan fingerprint density at radius 3 is 3.18 bits per heavy atom. The van der Waals surface area contributed by atoms with Gasteiger partial charge in [0.2, 0.25) is 5.28 Å². The van der Waals surface area contributed by atoms with Crippen LogP contribution in [0.1, 0.15) is 4.11 Å². The third kappa shape index (κ3) is 0.906. The number of benzene rings is 1. The van der Waals surface area contributed by atoms with E-state index in [1.165, 1.54) is 0 Å². The molecule has 0 bridgehead atoms. The zero-order chi connectivity index (χ0) is 10.3. The van der Waals surface area contributed by atoms with Crippen LogP contribution >= 0.6 is 11.6 Å². The highest BCUT2D eigenvalue weighted by atomic mass is 35.5. The molecular weight excluding hydrogens is 160 g/mol. The predicted octanol–water partition coefficient (Wildman–Crippen LogP) is 2.23. The van der Waals surface area contributed by atoms with E-state index in [4.69, 9.17) is 15.7 Å². The second-order valence-corrected chi connectivity index (χ2v) is 2.54. The number of aryl methyl sites for hydroxylation is 1. The molecule has 1 aromatic heterocycles. The molecular formula is C8H7ClN2. The molecule has 1 heterocycles. The van der Waals surface area contributed by atoms with Crippen LogP contribution in [0.4, 0.5) is 0 Å². The van der Waals surface area contributed by atoms with Gasteiger partial charge in [-0.1, -0.05) is 12.1 Å². The first-order valence-corrected chi connectivity index (χ1v) is 3.51. The zero-order valence-corrected chi connectivity index (χ0v) is 6.34. The molecule has 0 saturated heterocycles. The summed E-state index contributed by atoms with van der Waals surface area (Å²) in [5.41, 5.74) is 1.12. The molecule has 0 fully saturated rings. The second kappa shape index (κ2) is 2.24. The van der Waals surface area contributed by atoms with Crippen molar-refractivity contribution in [1.29, 1.82) is 0 Å². The van der Waals surface area contributed by atoms with Crippen molar-refractivity contribution < 1.29 is 4.11 Å². The van der Waals surface area contributed by atoms with E-state index in [-0.39, 0.29) is 5.28 Å². The number of aromatic nitrogens is 2. The highest BCUT2D eigenvalue weighted by Crippen LogP contribution is 2.16. The zero-order valence-electron chi connectivity index (χ0n) is 8.58. The van der Waals surface area contributed by atoms with Crippen LogP contribution in [0, 0.1) is 0 Å². The van der Waals surface area contributed by atoms with Gasteiger partial charge >= 0.3 is 0 Å². The summed E-state index contributed by atoms with van der Waals surface area (Å²) in [5.74, 6) is 0. The quantitative estimate of drug-likeness (QED) is 0.592. The van der Waals surface area contributed by atoms with Crippen LogP contribution in [0.2, 0.25) is 5.28 Å². The molecule has 0 atom stereocenters. The fourth-order valence-corrected chi connectivity index (χ4v) is 1.18. The Morgan fingerprint density at radius 2 is 2.36 bits per heavy atom. The molecule has 0 N–H and O–H groups in total. The van der Waals surface area contributed by atoms with Gasteiger partial charge in [-0.05, 0) is 23.7 Å². The van der Waals surface area contributed by atoms with Gasteiger partial charge in [0, 0.05) is 11.1 Å². The molecule has 2 nitrogen and oxygen atoms in total. The van der Waals surface area contributed by atoms with Crippen LogP contribution in [0.5, 0.6) is 0 Å². The molecule has 0 aliphatic rings. The Balaban J connectivity index is 2.81. The lowest BCUT2D eigenvalue weighted by Gasteiger charge is -1.92. The molecule has 0 spiro atoms. The third-order valence-corrected chi connectivity index (χ3v) is 1.77. The molecule has 3 heteroatoms. The van der Waals surface area contributed by atoms with E-state index in [1.807, 2.05) is 0 Å². The third-order valence-electron chi connectivity index (χ3n) is 1.52. The fourth-order valence-electron chi connectivity index (χ4n) is 0.997. The maximum Gasteiger partial charge on any atom is 0.203 e. The Labute approximate surface area is 73.6 Å². The van der Waals surface area contributed by atoms with Gasteiger partial charge in [0.05, 0.1) is 11.0 Å². The average molecular weight is 170 g/mol. The number of halogens is 1. The summed E-state index contributed by atoms with van der Waals surface area (Å²) in [5, 5.41) is -0.00815. The van der Waals surface area contributed by atoms with Gasteiger partial charge in [0.15, 0.2) is 0 Å². The maximum atomic E-state index is 7.28. The Hall–Kier alpha value is -1.02. The first-order valence-electron chi connectivity index (χ1n) is 4.63. The van der Waals surface area contributed by atoms with E-state index < -0.39 is 6.98 Å². The van der Waals surface area contributed by atoms with Crippen LogP contribution in [-0.4, -0.2) is 9.55 Å². The van der Waals surface area contributed by atoms with Crippen LogP contribution in [0.15, 0.2) is 24.3 Å². The maximum absolute atomic E-state index is 7.28. The van der Waals surface area contributed by atoms with Gasteiger partial charge in [0.1, 0.15) is 0 Å². The lowest BCUT2D eigenvalue weighted by Crippen LogP contribution is -1.85. The lowest BCUT2D eigenvalue weighted by molar-refractivity contribution is 0.949. The molecule has 2 rings (SSSR count). The first kappa shape index (κ1) is 4.12. The number of imidazole rings is 1. The van der Waals surface area contributed by atoms with E-state index in [1.54, 1.807) is 24.3 Å². The van der Waals surface area contributed by atoms with Crippen molar-refractivity contribution >= 4 is 22.6 Å². The van der Waals surface area contributed by atoms with Crippen molar-refractivity contribution in [1.82, 2.24) is 9.55 Å². The van der Waals surface area contributed by atoms with E-state index in [2.05, 4.69) is 4.98 Å². The second-order valence-electron chi connectivity index (χ2n) is 2.20. The molecule has 0 unspecified atom stereocenters. The Bertz CT molecular complexity index is 475. The van der Waals surface area contributed by atoms with Crippen LogP contribution < -0.4 is 0 Å². The first-order chi connectivity index (χ1) is 6.50. The molecule has 2 aromatic rings. The lowest BCUT2D eigenvalue weighted by atomic mass is 10.3. The summed E-state index contributed by atoms with van der Waals surface area (Å²) >= 11 is 5.74. The topological polar surface area (TPSA) is 17.8 Å². The summed E-state index contributed by atoms with van der Waals surface area (Å²) in [4.78, 5) is 3.95. The SMILES string of the molecule is [2H]C([2H])([2H])n1c(Cl)nc2ccccc21. The molecule has 1 aromatic carbocycles. The van der Waals surface area contributed by atoms with Gasteiger partial charge in [-0.15, -0.1) is 0 Å². The smallest absolute Gasteiger partial charge is 0.203 e. The van der Waals surface area contributed by atoms with Crippen molar-refractivity contribution in [3.8, 4) is 0 Å². The molecule has 11 heavy (non-hydrogen) atoms. The van der Waals surface area contributed by atoms with Crippen molar-refractivity contribution in [3.05, 3.63) is 29.5 Å². The highest BCUT2D eigenvalue weighted by Gasteiger charge is 2.02. The summed E-state index contributed by atoms with van der Waals surface area (Å²) < 4.78 is 22.9. The summed E-state index contributed by atoms with van der Waals surface area (Å²) in [6.45, 7) is -2.28. The van der Waals surface area contributed by atoms with E-state index >= 15 is 0 Å². The number of para-hydroxylation sites is 2. The summed E-state index contributed by atoms with van der Waals surface area (Å²) in [6.07, 6.45) is 0. The van der Waals surface area contributed by atoms with E-state index in [9.17, 15) is 0 Å². The molecule has 56 valence electrons. The van der Waals surface area contributed by atoms with Crippen molar-refractivity contribution in [2.45, 2.75) is 0 Å². The molecule has 0 radical (unpaired) electrons. The minimum atomic E-state index is -2.28. The van der Waals surface area contributed by atoms with Crippen LogP contribution in [0.25, 0.3) is 11.0 Å². The van der Waals surface area contributed by atoms with Gasteiger partial charge in [-0.25, -0.2) is 4.98 Å². The minimum Gasteiger partial charge on any atom is -0.318 e. The molecule has 0 aliphatic heterocycles. The van der Waals surface area contributed by atoms with Gasteiger partial charge < -0.3 is 4.57 Å². The number of nitrogens with zero attached hydrogens (tertiary/aromatic N) is 2. The van der Waals surface area contributed by atoms with Crippen molar-refractivity contribution in [2.24, 2.45) is 6.98 Å². The normalized spacial score (nSPS) is 15.9. The van der Waals surface area contributed by atoms with Gasteiger partial charge in [0.25, 0.3) is 0 Å². The number of fused-ring (bicyclic) bond motifs is 1. The summed E-state index contributed by atoms with van der Waals surface area (Å²) in [6, 6.07) is 6.95. The molecule has 0 aliphatic carbocycles. The van der Waals surface area contributed by atoms with Crippen molar-refractivity contribution in [3.63, 3.8) is 0 Å². The summed E-state index contributed by atoms with van der Waals surface area (Å²) in [7, 11) is 0. The number of hydrogen-bond donors (Lipinski definition) is 0. The average Bonchev–Trinajstić information content (AvgIpc) is 2.38. The van der Waals surface area contributed by atoms with E-state index in [0.29, 0.717) is 11.0 Å². The molecule has 0 saturated carbocycles. The number of rotatable bonds is 0. The predicted molar refractivity (Wildman–Crippen MR) is 45.7 cm³/mol. The fraction of sp³-hybridized carbons (Fsp3) is 0.125. The van der Waals surface area contributed by atoms with Gasteiger partial charge in [-0.2, -0.15) is 0 Å². The monoisotopic (exact) mass is 169 g/mol. The van der Waals surface area contributed by atoms with Crippen LogP contribution in [0.3, 0.4) is 0 Å². The largest absolute Gasteiger partial charge is 0.318 e.